The van der Waals surface area contributed by atoms with Crippen LogP contribution in [0.2, 0.25) is 0 Å². The number of anilines is 1. The van der Waals surface area contributed by atoms with Crippen molar-refractivity contribution in [3.63, 3.8) is 0 Å². The second-order valence-corrected chi connectivity index (χ2v) is 5.05. The first kappa shape index (κ1) is 15.3. The van der Waals surface area contributed by atoms with Gasteiger partial charge in [-0.15, -0.1) is 0 Å². The largest absolute Gasteiger partial charge is 0.469 e. The molecule has 1 aromatic heterocycles. The standard InChI is InChI=1S/C17H22N2O2/c1-3-16-15(8-11-21-16)17(20)19(10-5-9-18)14-7-4-6-13(2)12-14/h4,6-8,11-12H,3,5,9-10,18H2,1-2H3. The topological polar surface area (TPSA) is 59.5 Å². The summed E-state index contributed by atoms with van der Waals surface area (Å²) < 4.78 is 5.38. The molecule has 4 heteroatoms. The Hall–Kier alpha value is -2.07. The van der Waals surface area contributed by atoms with Crippen molar-refractivity contribution in [2.24, 2.45) is 5.73 Å². The molecule has 0 atom stereocenters. The van der Waals surface area contributed by atoms with Crippen LogP contribution in [-0.4, -0.2) is 19.0 Å². The number of nitrogens with two attached hydrogens (primary N) is 1. The summed E-state index contributed by atoms with van der Waals surface area (Å²) in [5.74, 6) is 0.699. The molecule has 112 valence electrons. The summed E-state index contributed by atoms with van der Waals surface area (Å²) in [4.78, 5) is 14.6. The molecular formula is C17H22N2O2. The highest BCUT2D eigenvalue weighted by Gasteiger charge is 2.21. The van der Waals surface area contributed by atoms with Gasteiger partial charge in [0, 0.05) is 18.7 Å². The van der Waals surface area contributed by atoms with Crippen LogP contribution in [0.3, 0.4) is 0 Å². The molecule has 2 N–H and O–H groups in total. The van der Waals surface area contributed by atoms with Gasteiger partial charge in [0.2, 0.25) is 0 Å². The van der Waals surface area contributed by atoms with Gasteiger partial charge in [0.25, 0.3) is 5.91 Å². The summed E-state index contributed by atoms with van der Waals surface area (Å²) >= 11 is 0. The summed E-state index contributed by atoms with van der Waals surface area (Å²) in [7, 11) is 0. The van der Waals surface area contributed by atoms with E-state index in [-0.39, 0.29) is 5.91 Å². The third-order valence-electron chi connectivity index (χ3n) is 3.44. The van der Waals surface area contributed by atoms with Gasteiger partial charge in [0.15, 0.2) is 0 Å². The predicted molar refractivity (Wildman–Crippen MR) is 84.6 cm³/mol. The fourth-order valence-corrected chi connectivity index (χ4v) is 2.34. The quantitative estimate of drug-likeness (QED) is 0.887. The summed E-state index contributed by atoms with van der Waals surface area (Å²) in [6.07, 6.45) is 3.04. The lowest BCUT2D eigenvalue weighted by Gasteiger charge is -2.23. The zero-order chi connectivity index (χ0) is 15.2. The van der Waals surface area contributed by atoms with Crippen LogP contribution in [0, 0.1) is 6.92 Å². The van der Waals surface area contributed by atoms with Crippen LogP contribution in [0.1, 0.15) is 35.0 Å². The summed E-state index contributed by atoms with van der Waals surface area (Å²) in [6, 6.07) is 9.69. The van der Waals surface area contributed by atoms with Gasteiger partial charge in [-0.1, -0.05) is 19.1 Å². The van der Waals surface area contributed by atoms with Crippen molar-refractivity contribution in [3.8, 4) is 0 Å². The molecule has 0 saturated carbocycles. The Labute approximate surface area is 125 Å². The van der Waals surface area contributed by atoms with Crippen molar-refractivity contribution in [2.75, 3.05) is 18.0 Å². The molecule has 0 fully saturated rings. The lowest BCUT2D eigenvalue weighted by atomic mass is 10.1. The third-order valence-corrected chi connectivity index (χ3v) is 3.44. The van der Waals surface area contributed by atoms with E-state index in [4.69, 9.17) is 10.2 Å². The van der Waals surface area contributed by atoms with Crippen molar-refractivity contribution in [3.05, 3.63) is 53.5 Å². The average Bonchev–Trinajstić information content (AvgIpc) is 2.96. The highest BCUT2D eigenvalue weighted by Crippen LogP contribution is 2.21. The van der Waals surface area contributed by atoms with Crippen molar-refractivity contribution in [1.29, 1.82) is 0 Å². The molecule has 0 radical (unpaired) electrons. The van der Waals surface area contributed by atoms with E-state index in [0.717, 1.165) is 23.4 Å². The number of benzene rings is 1. The van der Waals surface area contributed by atoms with Crippen molar-refractivity contribution < 1.29 is 9.21 Å². The van der Waals surface area contributed by atoms with E-state index in [0.29, 0.717) is 25.1 Å². The maximum absolute atomic E-state index is 12.8. The van der Waals surface area contributed by atoms with Gasteiger partial charge >= 0.3 is 0 Å². The van der Waals surface area contributed by atoms with E-state index in [1.807, 2.05) is 38.1 Å². The highest BCUT2D eigenvalue weighted by molar-refractivity contribution is 6.06. The van der Waals surface area contributed by atoms with E-state index in [9.17, 15) is 4.79 Å². The van der Waals surface area contributed by atoms with Gasteiger partial charge < -0.3 is 15.1 Å². The zero-order valence-electron chi connectivity index (χ0n) is 12.6. The van der Waals surface area contributed by atoms with Crippen LogP contribution >= 0.6 is 0 Å². The van der Waals surface area contributed by atoms with Gasteiger partial charge in [0.05, 0.1) is 11.8 Å². The van der Waals surface area contributed by atoms with E-state index < -0.39 is 0 Å². The van der Waals surface area contributed by atoms with Crippen LogP contribution in [0.4, 0.5) is 5.69 Å². The Morgan fingerprint density at radius 3 is 2.81 bits per heavy atom. The molecule has 0 bridgehead atoms. The number of furan rings is 1. The Morgan fingerprint density at radius 2 is 2.14 bits per heavy atom. The number of carbonyl (C=O) groups excluding carboxylic acids is 1. The van der Waals surface area contributed by atoms with Crippen LogP contribution in [0.15, 0.2) is 41.0 Å². The van der Waals surface area contributed by atoms with Crippen LogP contribution in [0.25, 0.3) is 0 Å². The SMILES string of the molecule is CCc1occc1C(=O)N(CCCN)c1cccc(C)c1. The normalized spacial score (nSPS) is 10.6. The lowest BCUT2D eigenvalue weighted by molar-refractivity contribution is 0.0985. The van der Waals surface area contributed by atoms with Gasteiger partial charge in [-0.25, -0.2) is 0 Å². The van der Waals surface area contributed by atoms with E-state index >= 15 is 0 Å². The molecule has 21 heavy (non-hydrogen) atoms. The Balaban J connectivity index is 2.33. The van der Waals surface area contributed by atoms with E-state index in [1.165, 1.54) is 0 Å². The van der Waals surface area contributed by atoms with Crippen LogP contribution in [-0.2, 0) is 6.42 Å². The molecule has 1 aromatic carbocycles. The first-order valence-electron chi connectivity index (χ1n) is 7.32. The van der Waals surface area contributed by atoms with Crippen molar-refractivity contribution in [2.45, 2.75) is 26.7 Å². The fourth-order valence-electron chi connectivity index (χ4n) is 2.34. The van der Waals surface area contributed by atoms with E-state index in [2.05, 4.69) is 0 Å². The van der Waals surface area contributed by atoms with Gasteiger partial charge in [-0.05, 0) is 43.7 Å². The van der Waals surface area contributed by atoms with Crippen LogP contribution in [0.5, 0.6) is 0 Å². The Bertz CT molecular complexity index is 604. The Kier molecular flexibility index (Phi) is 5.17. The molecule has 4 nitrogen and oxygen atoms in total. The smallest absolute Gasteiger partial charge is 0.261 e. The molecule has 0 unspecified atom stereocenters. The molecule has 2 aromatic rings. The first-order chi connectivity index (χ1) is 10.2. The second kappa shape index (κ2) is 7.09. The molecule has 0 aliphatic carbocycles. The molecule has 0 spiro atoms. The van der Waals surface area contributed by atoms with Crippen LogP contribution < -0.4 is 10.6 Å². The third kappa shape index (κ3) is 3.52. The Morgan fingerprint density at radius 1 is 1.33 bits per heavy atom. The molecule has 1 amide bonds. The molecule has 0 aliphatic rings. The monoisotopic (exact) mass is 286 g/mol. The minimum atomic E-state index is -0.0281. The molecular weight excluding hydrogens is 264 g/mol. The number of rotatable bonds is 6. The van der Waals surface area contributed by atoms with Gasteiger partial charge in [0.1, 0.15) is 5.76 Å². The van der Waals surface area contributed by atoms with Gasteiger partial charge in [-0.2, -0.15) is 0 Å². The average molecular weight is 286 g/mol. The molecule has 2 rings (SSSR count). The second-order valence-electron chi connectivity index (χ2n) is 5.05. The minimum Gasteiger partial charge on any atom is -0.469 e. The number of hydrogen-bond donors (Lipinski definition) is 1. The fraction of sp³-hybridized carbons (Fsp3) is 0.353. The molecule has 0 saturated heterocycles. The summed E-state index contributed by atoms with van der Waals surface area (Å²) in [5.41, 5.74) is 8.26. The molecule has 1 heterocycles. The van der Waals surface area contributed by atoms with Gasteiger partial charge in [-0.3, -0.25) is 4.79 Å². The minimum absolute atomic E-state index is 0.0281. The van der Waals surface area contributed by atoms with E-state index in [1.54, 1.807) is 17.2 Å². The number of amides is 1. The first-order valence-corrected chi connectivity index (χ1v) is 7.32. The summed E-state index contributed by atoms with van der Waals surface area (Å²) in [5, 5.41) is 0. The number of nitrogens with zero attached hydrogens (tertiary/aromatic N) is 1. The van der Waals surface area contributed by atoms with Crippen molar-refractivity contribution in [1.82, 2.24) is 0 Å². The predicted octanol–water partition coefficient (Wildman–Crippen LogP) is 3.15. The summed E-state index contributed by atoms with van der Waals surface area (Å²) in [6.45, 7) is 5.16. The lowest BCUT2D eigenvalue weighted by Crippen LogP contribution is -2.33. The van der Waals surface area contributed by atoms with Crippen molar-refractivity contribution >= 4 is 11.6 Å². The molecule has 0 aliphatic heterocycles. The maximum atomic E-state index is 12.8. The number of carbonyl (C=O) groups is 1. The number of aryl methyl sites for hydroxylation is 2. The number of hydrogen-bond acceptors (Lipinski definition) is 3. The highest BCUT2D eigenvalue weighted by atomic mass is 16.3. The maximum Gasteiger partial charge on any atom is 0.261 e. The zero-order valence-corrected chi connectivity index (χ0v) is 12.6.